The number of aromatic hydroxyl groups is 1. The second-order valence-electron chi connectivity index (χ2n) is 6.84. The lowest BCUT2D eigenvalue weighted by molar-refractivity contribution is -0.127. The molecule has 154 valence electrons. The molecule has 1 saturated heterocycles. The van der Waals surface area contributed by atoms with Crippen molar-refractivity contribution in [1.29, 1.82) is 0 Å². The van der Waals surface area contributed by atoms with Gasteiger partial charge in [0.15, 0.2) is 11.5 Å². The van der Waals surface area contributed by atoms with E-state index in [0.717, 1.165) is 24.7 Å². The summed E-state index contributed by atoms with van der Waals surface area (Å²) in [5.41, 5.74) is 1.89. The summed E-state index contributed by atoms with van der Waals surface area (Å²) >= 11 is 6.05. The first-order chi connectivity index (χ1) is 14.0. The number of nitrogens with zero attached hydrogens (tertiary/aromatic N) is 2. The van der Waals surface area contributed by atoms with Crippen molar-refractivity contribution in [1.82, 2.24) is 9.80 Å². The molecule has 2 aromatic carbocycles. The normalized spacial score (nSPS) is 14.9. The van der Waals surface area contributed by atoms with Crippen molar-refractivity contribution in [2.45, 2.75) is 6.54 Å². The number of rotatable bonds is 6. The summed E-state index contributed by atoms with van der Waals surface area (Å²) < 4.78 is 10.3. The first-order valence-electron chi connectivity index (χ1n) is 9.39. The van der Waals surface area contributed by atoms with Gasteiger partial charge in [0.1, 0.15) is 0 Å². The second kappa shape index (κ2) is 9.67. The van der Waals surface area contributed by atoms with Crippen LogP contribution in [0.25, 0.3) is 6.08 Å². The zero-order valence-electron chi connectivity index (χ0n) is 16.6. The SMILES string of the molecule is COc1cc(/C=C\C(=O)N2CCN(Cc3cccc(Cl)c3)CC2)cc(OC)c1O. The van der Waals surface area contributed by atoms with Gasteiger partial charge in [-0.05, 0) is 41.5 Å². The van der Waals surface area contributed by atoms with Gasteiger partial charge in [-0.25, -0.2) is 0 Å². The number of amides is 1. The number of methoxy groups -OCH3 is 2. The first-order valence-corrected chi connectivity index (χ1v) is 9.76. The Kier molecular flexibility index (Phi) is 7.01. The van der Waals surface area contributed by atoms with Crippen LogP contribution in [0.15, 0.2) is 42.5 Å². The highest BCUT2D eigenvalue weighted by Gasteiger charge is 2.20. The van der Waals surface area contributed by atoms with E-state index in [0.29, 0.717) is 30.2 Å². The van der Waals surface area contributed by atoms with Crippen molar-refractivity contribution in [3.05, 3.63) is 58.6 Å². The highest BCUT2D eigenvalue weighted by atomic mass is 35.5. The number of phenolic OH excluding ortho intramolecular Hbond substituents is 1. The van der Waals surface area contributed by atoms with Gasteiger partial charge in [0.2, 0.25) is 11.7 Å². The third-order valence-corrected chi connectivity index (χ3v) is 5.13. The molecule has 0 spiro atoms. The Morgan fingerprint density at radius 3 is 2.34 bits per heavy atom. The fourth-order valence-corrected chi connectivity index (χ4v) is 3.52. The monoisotopic (exact) mass is 416 g/mol. The molecule has 0 bridgehead atoms. The van der Waals surface area contributed by atoms with Crippen LogP contribution in [0.3, 0.4) is 0 Å². The van der Waals surface area contributed by atoms with E-state index in [2.05, 4.69) is 11.0 Å². The molecule has 2 aromatic rings. The van der Waals surface area contributed by atoms with Gasteiger partial charge in [-0.15, -0.1) is 0 Å². The number of carbonyl (C=O) groups excluding carboxylic acids is 1. The summed E-state index contributed by atoms with van der Waals surface area (Å²) in [4.78, 5) is 16.7. The van der Waals surface area contributed by atoms with Crippen LogP contribution in [0.1, 0.15) is 11.1 Å². The minimum Gasteiger partial charge on any atom is -0.502 e. The molecule has 1 aliphatic rings. The molecule has 0 unspecified atom stereocenters. The largest absolute Gasteiger partial charge is 0.502 e. The van der Waals surface area contributed by atoms with E-state index in [-0.39, 0.29) is 11.7 Å². The van der Waals surface area contributed by atoms with Gasteiger partial charge in [-0.3, -0.25) is 9.69 Å². The van der Waals surface area contributed by atoms with Gasteiger partial charge >= 0.3 is 0 Å². The lowest BCUT2D eigenvalue weighted by Crippen LogP contribution is -2.47. The summed E-state index contributed by atoms with van der Waals surface area (Å²) in [6.07, 6.45) is 3.24. The van der Waals surface area contributed by atoms with Crippen LogP contribution in [0, 0.1) is 0 Å². The number of halogens is 1. The smallest absolute Gasteiger partial charge is 0.246 e. The minimum atomic E-state index is -0.0608. The third kappa shape index (κ3) is 5.43. The van der Waals surface area contributed by atoms with Gasteiger partial charge in [0.05, 0.1) is 14.2 Å². The predicted molar refractivity (Wildman–Crippen MR) is 114 cm³/mol. The van der Waals surface area contributed by atoms with Gasteiger partial charge < -0.3 is 19.5 Å². The van der Waals surface area contributed by atoms with Crippen LogP contribution in [0.2, 0.25) is 5.02 Å². The molecule has 0 atom stereocenters. The Bertz CT molecular complexity index is 867. The summed E-state index contributed by atoms with van der Waals surface area (Å²) in [7, 11) is 2.94. The fraction of sp³-hybridized carbons (Fsp3) is 0.318. The molecule has 1 heterocycles. The molecule has 1 aliphatic heterocycles. The zero-order chi connectivity index (χ0) is 20.8. The number of hydrogen-bond donors (Lipinski definition) is 1. The summed E-state index contributed by atoms with van der Waals surface area (Å²) in [6.45, 7) is 3.79. The predicted octanol–water partition coefficient (Wildman–Crippen LogP) is 3.42. The molecule has 0 aromatic heterocycles. The summed E-state index contributed by atoms with van der Waals surface area (Å²) in [5.74, 6) is 0.491. The van der Waals surface area contributed by atoms with Crippen molar-refractivity contribution in [3.63, 3.8) is 0 Å². The maximum Gasteiger partial charge on any atom is 0.246 e. The quantitative estimate of drug-likeness (QED) is 0.731. The van der Waals surface area contributed by atoms with Crippen LogP contribution in [-0.2, 0) is 11.3 Å². The van der Waals surface area contributed by atoms with E-state index in [1.54, 1.807) is 18.2 Å². The number of benzene rings is 2. The molecule has 29 heavy (non-hydrogen) atoms. The van der Waals surface area contributed by atoms with Crippen molar-refractivity contribution < 1.29 is 19.4 Å². The standard InChI is InChI=1S/C22H25ClN2O4/c1-28-19-13-16(14-20(29-2)22(19)27)6-7-21(26)25-10-8-24(9-11-25)15-17-4-3-5-18(23)12-17/h3-7,12-14,27H,8-11,15H2,1-2H3/b7-6-. The van der Waals surface area contributed by atoms with Crippen molar-refractivity contribution in [2.75, 3.05) is 40.4 Å². The van der Waals surface area contributed by atoms with Crippen LogP contribution in [0.5, 0.6) is 17.2 Å². The Hall–Kier alpha value is -2.70. The number of phenols is 1. The van der Waals surface area contributed by atoms with Gasteiger partial charge in [-0.2, -0.15) is 0 Å². The van der Waals surface area contributed by atoms with Crippen LogP contribution < -0.4 is 9.47 Å². The summed E-state index contributed by atoms with van der Waals surface area (Å²) in [6, 6.07) is 11.2. The van der Waals surface area contributed by atoms with E-state index < -0.39 is 0 Å². The van der Waals surface area contributed by atoms with Gasteiger partial charge in [0, 0.05) is 43.8 Å². The first kappa shape index (κ1) is 21.0. The van der Waals surface area contributed by atoms with E-state index in [9.17, 15) is 9.90 Å². The Morgan fingerprint density at radius 1 is 1.10 bits per heavy atom. The number of hydrogen-bond acceptors (Lipinski definition) is 5. The molecule has 0 radical (unpaired) electrons. The molecule has 1 fully saturated rings. The van der Waals surface area contributed by atoms with Crippen LogP contribution in [0.4, 0.5) is 0 Å². The molecule has 3 rings (SSSR count). The van der Waals surface area contributed by atoms with E-state index in [1.165, 1.54) is 25.9 Å². The maximum atomic E-state index is 12.5. The average Bonchev–Trinajstić information content (AvgIpc) is 2.73. The van der Waals surface area contributed by atoms with E-state index in [4.69, 9.17) is 21.1 Å². The Morgan fingerprint density at radius 2 is 1.76 bits per heavy atom. The summed E-state index contributed by atoms with van der Waals surface area (Å²) in [5, 5.41) is 10.7. The van der Waals surface area contributed by atoms with Gasteiger partial charge in [-0.1, -0.05) is 23.7 Å². The topological polar surface area (TPSA) is 62.2 Å². The molecule has 0 saturated carbocycles. The highest BCUT2D eigenvalue weighted by Crippen LogP contribution is 2.37. The Labute approximate surface area is 175 Å². The second-order valence-corrected chi connectivity index (χ2v) is 7.28. The van der Waals surface area contributed by atoms with Crippen molar-refractivity contribution >= 4 is 23.6 Å². The van der Waals surface area contributed by atoms with Crippen LogP contribution >= 0.6 is 11.6 Å². The van der Waals surface area contributed by atoms with Gasteiger partial charge in [0.25, 0.3) is 0 Å². The van der Waals surface area contributed by atoms with Crippen molar-refractivity contribution in [2.24, 2.45) is 0 Å². The maximum absolute atomic E-state index is 12.5. The minimum absolute atomic E-state index is 0.0431. The molecule has 1 N–H and O–H groups in total. The molecule has 7 heteroatoms. The van der Waals surface area contributed by atoms with Crippen molar-refractivity contribution in [3.8, 4) is 17.2 Å². The lowest BCUT2D eigenvalue weighted by Gasteiger charge is -2.34. The van der Waals surface area contributed by atoms with E-state index in [1.807, 2.05) is 23.1 Å². The average molecular weight is 417 g/mol. The lowest BCUT2D eigenvalue weighted by atomic mass is 10.1. The van der Waals surface area contributed by atoms with Crippen LogP contribution in [-0.4, -0.2) is 61.2 Å². The number of carbonyl (C=O) groups is 1. The molecule has 0 aliphatic carbocycles. The number of piperazine rings is 1. The molecular weight excluding hydrogens is 392 g/mol. The zero-order valence-corrected chi connectivity index (χ0v) is 17.4. The third-order valence-electron chi connectivity index (χ3n) is 4.90. The van der Waals surface area contributed by atoms with E-state index >= 15 is 0 Å². The number of ether oxygens (including phenoxy) is 2. The molecular formula is C22H25ClN2O4. The Balaban J connectivity index is 1.57. The molecule has 6 nitrogen and oxygen atoms in total. The fourth-order valence-electron chi connectivity index (χ4n) is 3.30. The molecule has 1 amide bonds. The highest BCUT2D eigenvalue weighted by molar-refractivity contribution is 6.30.